The van der Waals surface area contributed by atoms with Gasteiger partial charge in [0.2, 0.25) is 5.95 Å². The van der Waals surface area contributed by atoms with E-state index in [2.05, 4.69) is 9.97 Å². The van der Waals surface area contributed by atoms with E-state index in [0.29, 0.717) is 6.42 Å². The van der Waals surface area contributed by atoms with E-state index < -0.39 is 35.8 Å². The smallest absolute Gasteiger partial charge is 0.332 e. The quantitative estimate of drug-likeness (QED) is 0.405. The second-order valence-corrected chi connectivity index (χ2v) is 5.99. The van der Waals surface area contributed by atoms with Gasteiger partial charge in [0, 0.05) is 6.42 Å². The van der Waals surface area contributed by atoms with Crippen molar-refractivity contribution < 1.29 is 20.1 Å². The predicted octanol–water partition coefficient (Wildman–Crippen LogP) is -2.12. The Balaban J connectivity index is 2.18. The first kappa shape index (κ1) is 17.6. The molecular formula is C14H21N5O6. The predicted molar refractivity (Wildman–Crippen MR) is 86.9 cm³/mol. The SMILES string of the molecule is CC[C@H](O)[C@@H]1C[C@@H](O)[C@H](n2c(=O)n(CCO)c3c(=O)[nH]c(N)nc32)O1. The monoisotopic (exact) mass is 355 g/mol. The Morgan fingerprint density at radius 3 is 2.84 bits per heavy atom. The number of imidazole rings is 1. The van der Waals surface area contributed by atoms with Crippen LogP contribution in [0.4, 0.5) is 5.95 Å². The van der Waals surface area contributed by atoms with Gasteiger partial charge in [-0.3, -0.25) is 14.3 Å². The van der Waals surface area contributed by atoms with Gasteiger partial charge in [-0.05, 0) is 6.42 Å². The summed E-state index contributed by atoms with van der Waals surface area (Å²) in [6.07, 6.45) is -3.06. The van der Waals surface area contributed by atoms with Crippen LogP contribution in [-0.2, 0) is 11.3 Å². The normalized spacial score (nSPS) is 24.9. The highest BCUT2D eigenvalue weighted by Crippen LogP contribution is 2.32. The van der Waals surface area contributed by atoms with Crippen LogP contribution in [0.15, 0.2) is 9.59 Å². The van der Waals surface area contributed by atoms with Crippen LogP contribution in [0.1, 0.15) is 26.0 Å². The molecule has 0 amide bonds. The number of aliphatic hydroxyl groups excluding tert-OH is 3. The lowest BCUT2D eigenvalue weighted by Crippen LogP contribution is -2.33. The van der Waals surface area contributed by atoms with Crippen LogP contribution in [-0.4, -0.2) is 59.3 Å². The molecule has 25 heavy (non-hydrogen) atoms. The van der Waals surface area contributed by atoms with Gasteiger partial charge in [-0.25, -0.2) is 9.36 Å². The summed E-state index contributed by atoms with van der Waals surface area (Å²) in [5, 5.41) is 29.4. The molecule has 2 aromatic heterocycles. The van der Waals surface area contributed by atoms with Gasteiger partial charge in [0.1, 0.15) is 6.10 Å². The van der Waals surface area contributed by atoms with Crippen molar-refractivity contribution in [1.82, 2.24) is 19.1 Å². The molecule has 0 aromatic carbocycles. The lowest BCUT2D eigenvalue weighted by Gasteiger charge is -2.18. The average molecular weight is 355 g/mol. The standard InChI is InChI=1S/C14H21N5O6/c1-2-6(21)8-5-7(22)12(25-8)19-10-9(11(23)17-13(15)16-10)18(3-4-20)14(19)24/h6-8,12,20-22H,2-5H2,1H3,(H3,15,16,17,23)/t6-,7+,8-,12+/m0/s1. The number of aromatic amines is 1. The molecule has 0 spiro atoms. The maximum absolute atomic E-state index is 12.7. The van der Waals surface area contributed by atoms with Crippen molar-refractivity contribution in [3.05, 3.63) is 20.8 Å². The van der Waals surface area contributed by atoms with Crippen LogP contribution >= 0.6 is 0 Å². The van der Waals surface area contributed by atoms with Gasteiger partial charge in [0.05, 0.1) is 25.4 Å². The first-order valence-electron chi connectivity index (χ1n) is 8.02. The molecule has 0 aliphatic carbocycles. The fourth-order valence-electron chi connectivity index (χ4n) is 3.16. The Labute approximate surface area is 141 Å². The number of hydrogen-bond acceptors (Lipinski definition) is 8. The lowest BCUT2D eigenvalue weighted by atomic mass is 10.1. The Morgan fingerprint density at radius 1 is 1.48 bits per heavy atom. The van der Waals surface area contributed by atoms with Gasteiger partial charge in [0.15, 0.2) is 17.4 Å². The van der Waals surface area contributed by atoms with Crippen molar-refractivity contribution >= 4 is 17.1 Å². The minimum absolute atomic E-state index is 0.0459. The molecule has 0 unspecified atom stereocenters. The molecule has 138 valence electrons. The molecule has 2 aromatic rings. The summed E-state index contributed by atoms with van der Waals surface area (Å²) < 4.78 is 7.77. The number of H-pyrrole nitrogens is 1. The maximum Gasteiger partial charge on any atom is 0.332 e. The third-order valence-electron chi connectivity index (χ3n) is 4.37. The number of ether oxygens (including phenoxy) is 1. The largest absolute Gasteiger partial charge is 0.395 e. The first-order valence-corrected chi connectivity index (χ1v) is 8.02. The Kier molecular flexibility index (Phi) is 4.64. The van der Waals surface area contributed by atoms with Gasteiger partial charge in [-0.2, -0.15) is 4.98 Å². The van der Waals surface area contributed by atoms with Crippen molar-refractivity contribution in [2.45, 2.75) is 50.8 Å². The molecule has 11 nitrogen and oxygen atoms in total. The zero-order valence-electron chi connectivity index (χ0n) is 13.6. The highest BCUT2D eigenvalue weighted by Gasteiger charge is 2.40. The van der Waals surface area contributed by atoms with Crippen LogP contribution in [0.3, 0.4) is 0 Å². The summed E-state index contributed by atoms with van der Waals surface area (Å²) in [6, 6.07) is 0. The minimum Gasteiger partial charge on any atom is -0.395 e. The molecule has 1 aliphatic heterocycles. The molecule has 3 heterocycles. The van der Waals surface area contributed by atoms with E-state index in [0.717, 1.165) is 9.13 Å². The van der Waals surface area contributed by atoms with E-state index in [9.17, 15) is 24.9 Å². The van der Waals surface area contributed by atoms with Crippen molar-refractivity contribution in [1.29, 1.82) is 0 Å². The van der Waals surface area contributed by atoms with Crippen LogP contribution in [0, 0.1) is 0 Å². The molecule has 0 saturated carbocycles. The molecule has 0 bridgehead atoms. The number of aromatic nitrogens is 4. The molecule has 11 heteroatoms. The van der Waals surface area contributed by atoms with Gasteiger partial charge >= 0.3 is 5.69 Å². The molecule has 3 rings (SSSR count). The van der Waals surface area contributed by atoms with Crippen LogP contribution < -0.4 is 17.0 Å². The number of nitrogen functional groups attached to an aromatic ring is 1. The lowest BCUT2D eigenvalue weighted by molar-refractivity contribution is -0.0760. The molecule has 4 atom stereocenters. The molecule has 1 fully saturated rings. The van der Waals surface area contributed by atoms with Gasteiger partial charge in [0.25, 0.3) is 5.56 Å². The zero-order valence-corrected chi connectivity index (χ0v) is 13.6. The number of anilines is 1. The third-order valence-corrected chi connectivity index (χ3v) is 4.37. The van der Waals surface area contributed by atoms with E-state index in [1.165, 1.54) is 0 Å². The molecular weight excluding hydrogens is 334 g/mol. The summed E-state index contributed by atoms with van der Waals surface area (Å²) in [6.45, 7) is 1.28. The van der Waals surface area contributed by atoms with Crippen LogP contribution in [0.5, 0.6) is 0 Å². The summed E-state index contributed by atoms with van der Waals surface area (Å²) in [5.41, 5.74) is 4.16. The Morgan fingerprint density at radius 2 is 2.20 bits per heavy atom. The molecule has 6 N–H and O–H groups in total. The molecule has 1 aliphatic rings. The average Bonchev–Trinajstić information content (AvgIpc) is 3.05. The first-order chi connectivity index (χ1) is 11.9. The summed E-state index contributed by atoms with van der Waals surface area (Å²) in [4.78, 5) is 31.3. The maximum atomic E-state index is 12.7. The minimum atomic E-state index is -1.12. The van der Waals surface area contributed by atoms with E-state index in [4.69, 9.17) is 10.5 Å². The summed E-state index contributed by atoms with van der Waals surface area (Å²) >= 11 is 0. The van der Waals surface area contributed by atoms with Gasteiger partial charge < -0.3 is 25.8 Å². The van der Waals surface area contributed by atoms with Crippen molar-refractivity contribution in [2.24, 2.45) is 0 Å². The van der Waals surface area contributed by atoms with Crippen molar-refractivity contribution in [2.75, 3.05) is 12.3 Å². The van der Waals surface area contributed by atoms with Crippen LogP contribution in [0.25, 0.3) is 11.2 Å². The zero-order chi connectivity index (χ0) is 18.3. The van der Waals surface area contributed by atoms with E-state index in [1.807, 2.05) is 0 Å². The van der Waals surface area contributed by atoms with Crippen LogP contribution in [0.2, 0.25) is 0 Å². The van der Waals surface area contributed by atoms with Gasteiger partial charge in [-0.1, -0.05) is 6.92 Å². The van der Waals surface area contributed by atoms with Crippen molar-refractivity contribution in [3.63, 3.8) is 0 Å². The van der Waals surface area contributed by atoms with E-state index in [-0.39, 0.29) is 36.7 Å². The fourth-order valence-corrected chi connectivity index (χ4v) is 3.16. The summed E-state index contributed by atoms with van der Waals surface area (Å²) in [5.74, 6) is -0.190. The second-order valence-electron chi connectivity index (χ2n) is 5.99. The second kappa shape index (κ2) is 6.59. The Bertz CT molecular complexity index is 886. The number of rotatable bonds is 5. The number of nitrogens with zero attached hydrogens (tertiary/aromatic N) is 3. The number of nitrogens with one attached hydrogen (secondary N) is 1. The van der Waals surface area contributed by atoms with Gasteiger partial charge in [-0.15, -0.1) is 0 Å². The highest BCUT2D eigenvalue weighted by molar-refractivity contribution is 5.71. The molecule has 1 saturated heterocycles. The van der Waals surface area contributed by atoms with E-state index >= 15 is 0 Å². The number of fused-ring (bicyclic) bond motifs is 1. The molecule has 0 radical (unpaired) electrons. The van der Waals surface area contributed by atoms with Crippen molar-refractivity contribution in [3.8, 4) is 0 Å². The topological polar surface area (TPSA) is 169 Å². The fraction of sp³-hybridized carbons (Fsp3) is 0.643. The number of aliphatic hydroxyl groups is 3. The summed E-state index contributed by atoms with van der Waals surface area (Å²) in [7, 11) is 0. The number of nitrogens with two attached hydrogens (primary N) is 1. The third kappa shape index (κ3) is 2.84. The number of hydrogen-bond donors (Lipinski definition) is 5. The Hall–Kier alpha value is -2.21. The van der Waals surface area contributed by atoms with E-state index in [1.54, 1.807) is 6.92 Å². The highest BCUT2D eigenvalue weighted by atomic mass is 16.5.